The first kappa shape index (κ1) is 23.7. The van der Waals surface area contributed by atoms with Crippen LogP contribution in [0.1, 0.15) is 25.6 Å². The van der Waals surface area contributed by atoms with Crippen molar-refractivity contribution >= 4 is 40.8 Å². The highest BCUT2D eigenvalue weighted by molar-refractivity contribution is 7.09. The van der Waals surface area contributed by atoms with Gasteiger partial charge < -0.3 is 15.0 Å². The van der Waals surface area contributed by atoms with Gasteiger partial charge in [-0.25, -0.2) is 9.59 Å². The molecule has 0 unspecified atom stereocenters. The van der Waals surface area contributed by atoms with Gasteiger partial charge in [-0.3, -0.25) is 14.9 Å². The lowest BCUT2D eigenvalue weighted by Crippen LogP contribution is -2.42. The van der Waals surface area contributed by atoms with Crippen molar-refractivity contribution in [1.82, 2.24) is 10.6 Å². The summed E-state index contributed by atoms with van der Waals surface area (Å²) in [6.45, 7) is -0.294. The van der Waals surface area contributed by atoms with E-state index in [1.807, 2.05) is 23.6 Å². The standard InChI is InChI=1S/C24H23N3O5S/c1-27(17-8-3-2-4-9-17)22(29)19-11-5-6-12-20(19)23(30)32-16-21(28)26-24(31)25-14-13-18-10-7-15-33-18/h2-12,15H,13-14,16H2,1H3,(H2,25,26,28,31). The zero-order valence-electron chi connectivity index (χ0n) is 17.9. The van der Waals surface area contributed by atoms with E-state index in [1.165, 1.54) is 17.0 Å². The van der Waals surface area contributed by atoms with Gasteiger partial charge in [0.2, 0.25) is 0 Å². The van der Waals surface area contributed by atoms with Crippen LogP contribution < -0.4 is 15.5 Å². The van der Waals surface area contributed by atoms with Gasteiger partial charge in [-0.05, 0) is 42.1 Å². The van der Waals surface area contributed by atoms with Crippen LogP contribution in [-0.2, 0) is 16.0 Å². The van der Waals surface area contributed by atoms with Crippen molar-refractivity contribution in [3.63, 3.8) is 0 Å². The van der Waals surface area contributed by atoms with Crippen molar-refractivity contribution in [3.8, 4) is 0 Å². The van der Waals surface area contributed by atoms with Gasteiger partial charge in [0.15, 0.2) is 6.61 Å². The fourth-order valence-corrected chi connectivity index (χ4v) is 3.68. The number of nitrogens with zero attached hydrogens (tertiary/aromatic N) is 1. The van der Waals surface area contributed by atoms with Gasteiger partial charge in [0.1, 0.15) is 0 Å². The first-order valence-electron chi connectivity index (χ1n) is 10.1. The Morgan fingerprint density at radius 3 is 2.30 bits per heavy atom. The summed E-state index contributed by atoms with van der Waals surface area (Å²) >= 11 is 1.58. The number of para-hydroxylation sites is 1. The summed E-state index contributed by atoms with van der Waals surface area (Å²) in [7, 11) is 1.60. The summed E-state index contributed by atoms with van der Waals surface area (Å²) in [6, 6.07) is 18.4. The molecule has 2 N–H and O–H groups in total. The predicted molar refractivity (Wildman–Crippen MR) is 125 cm³/mol. The van der Waals surface area contributed by atoms with Crippen LogP contribution in [0.25, 0.3) is 0 Å². The Bertz CT molecular complexity index is 1120. The smallest absolute Gasteiger partial charge is 0.339 e. The quantitative estimate of drug-likeness (QED) is 0.497. The molecule has 0 aliphatic rings. The first-order valence-corrected chi connectivity index (χ1v) is 11.0. The fourth-order valence-electron chi connectivity index (χ4n) is 2.97. The summed E-state index contributed by atoms with van der Waals surface area (Å²) in [6.07, 6.45) is 0.649. The van der Waals surface area contributed by atoms with E-state index < -0.39 is 30.4 Å². The summed E-state index contributed by atoms with van der Waals surface area (Å²) in [5.74, 6) is -2.01. The molecule has 9 heteroatoms. The molecule has 170 valence electrons. The van der Waals surface area contributed by atoms with Crippen LogP contribution in [0.4, 0.5) is 10.5 Å². The SMILES string of the molecule is CN(C(=O)c1ccccc1C(=O)OCC(=O)NC(=O)NCCc1cccs1)c1ccccc1. The minimum atomic E-state index is -0.839. The molecule has 0 atom stereocenters. The molecule has 0 saturated heterocycles. The van der Waals surface area contributed by atoms with E-state index in [0.29, 0.717) is 18.7 Å². The van der Waals surface area contributed by atoms with Crippen molar-refractivity contribution in [3.05, 3.63) is 88.1 Å². The number of hydrogen-bond acceptors (Lipinski definition) is 6. The lowest BCUT2D eigenvalue weighted by molar-refractivity contribution is -0.123. The van der Waals surface area contributed by atoms with Crippen molar-refractivity contribution in [2.24, 2.45) is 0 Å². The second-order valence-corrected chi connectivity index (χ2v) is 7.99. The Balaban J connectivity index is 1.52. The topological polar surface area (TPSA) is 105 Å². The molecule has 0 saturated carbocycles. The van der Waals surface area contributed by atoms with Crippen LogP contribution in [0, 0.1) is 0 Å². The summed E-state index contributed by atoms with van der Waals surface area (Å²) in [5, 5.41) is 6.62. The van der Waals surface area contributed by atoms with Gasteiger partial charge in [-0.1, -0.05) is 36.4 Å². The molecule has 1 heterocycles. The Morgan fingerprint density at radius 2 is 1.61 bits per heavy atom. The monoisotopic (exact) mass is 465 g/mol. The van der Waals surface area contributed by atoms with Crippen molar-refractivity contribution in [2.75, 3.05) is 25.1 Å². The van der Waals surface area contributed by atoms with Gasteiger partial charge in [0.25, 0.3) is 11.8 Å². The molecule has 2 aromatic carbocycles. The average Bonchev–Trinajstić information content (AvgIpc) is 3.35. The van der Waals surface area contributed by atoms with Crippen LogP contribution >= 0.6 is 11.3 Å². The molecule has 0 aliphatic heterocycles. The second-order valence-electron chi connectivity index (χ2n) is 6.95. The Labute approximate surface area is 195 Å². The van der Waals surface area contributed by atoms with Crippen molar-refractivity contribution in [2.45, 2.75) is 6.42 Å². The number of nitrogens with one attached hydrogen (secondary N) is 2. The lowest BCUT2D eigenvalue weighted by atomic mass is 10.1. The molecular weight excluding hydrogens is 442 g/mol. The highest BCUT2D eigenvalue weighted by Crippen LogP contribution is 2.18. The van der Waals surface area contributed by atoms with E-state index in [2.05, 4.69) is 10.6 Å². The van der Waals surface area contributed by atoms with Crippen LogP contribution in [-0.4, -0.2) is 44.0 Å². The lowest BCUT2D eigenvalue weighted by Gasteiger charge is -2.18. The third-order valence-electron chi connectivity index (χ3n) is 4.65. The maximum Gasteiger partial charge on any atom is 0.339 e. The zero-order valence-corrected chi connectivity index (χ0v) is 18.8. The first-order chi connectivity index (χ1) is 16.0. The average molecular weight is 466 g/mol. The van der Waals surface area contributed by atoms with E-state index >= 15 is 0 Å². The molecule has 0 fully saturated rings. The molecule has 0 radical (unpaired) electrons. The highest BCUT2D eigenvalue weighted by atomic mass is 32.1. The Morgan fingerprint density at radius 1 is 0.909 bits per heavy atom. The number of amides is 4. The number of ether oxygens (including phenoxy) is 1. The third kappa shape index (κ3) is 6.75. The maximum atomic E-state index is 12.9. The predicted octanol–water partition coefficient (Wildman–Crippen LogP) is 3.25. The molecule has 0 bridgehead atoms. The molecule has 1 aromatic heterocycles. The minimum Gasteiger partial charge on any atom is -0.452 e. The molecule has 8 nitrogen and oxygen atoms in total. The number of urea groups is 1. The third-order valence-corrected chi connectivity index (χ3v) is 5.59. The second kappa shape index (κ2) is 11.6. The molecule has 0 spiro atoms. The molecule has 3 aromatic rings. The Hall–Kier alpha value is -3.98. The van der Waals surface area contributed by atoms with Gasteiger partial charge in [0, 0.05) is 24.2 Å². The fraction of sp³-hybridized carbons (Fsp3) is 0.167. The minimum absolute atomic E-state index is 0.0264. The number of anilines is 1. The van der Waals surface area contributed by atoms with Gasteiger partial charge in [-0.2, -0.15) is 0 Å². The van der Waals surface area contributed by atoms with E-state index in [9.17, 15) is 19.2 Å². The molecule has 4 amide bonds. The molecule has 0 aliphatic carbocycles. The molecular formula is C24H23N3O5S. The summed E-state index contributed by atoms with van der Waals surface area (Å²) in [5.41, 5.74) is 0.828. The largest absolute Gasteiger partial charge is 0.452 e. The Kier molecular flexibility index (Phi) is 8.31. The number of thiophene rings is 1. The van der Waals surface area contributed by atoms with Crippen molar-refractivity contribution in [1.29, 1.82) is 0 Å². The highest BCUT2D eigenvalue weighted by Gasteiger charge is 2.22. The molecule has 3 rings (SSSR count). The molecule has 33 heavy (non-hydrogen) atoms. The van der Waals surface area contributed by atoms with E-state index in [-0.39, 0.29) is 11.1 Å². The number of rotatable bonds is 8. The van der Waals surface area contributed by atoms with Crippen LogP contribution in [0.15, 0.2) is 72.1 Å². The van der Waals surface area contributed by atoms with Gasteiger partial charge in [0.05, 0.1) is 11.1 Å². The summed E-state index contributed by atoms with van der Waals surface area (Å²) in [4.78, 5) is 51.8. The van der Waals surface area contributed by atoms with Crippen LogP contribution in [0.3, 0.4) is 0 Å². The van der Waals surface area contributed by atoms with Gasteiger partial charge >= 0.3 is 12.0 Å². The van der Waals surface area contributed by atoms with Gasteiger partial charge in [-0.15, -0.1) is 11.3 Å². The van der Waals surface area contributed by atoms with E-state index in [4.69, 9.17) is 4.74 Å². The van der Waals surface area contributed by atoms with Crippen molar-refractivity contribution < 1.29 is 23.9 Å². The summed E-state index contributed by atoms with van der Waals surface area (Å²) < 4.78 is 5.03. The maximum absolute atomic E-state index is 12.9. The van der Waals surface area contributed by atoms with E-state index in [1.54, 1.807) is 54.8 Å². The number of esters is 1. The van der Waals surface area contributed by atoms with Crippen LogP contribution in [0.2, 0.25) is 0 Å². The number of hydrogen-bond donors (Lipinski definition) is 2. The number of benzene rings is 2. The number of imide groups is 1. The number of carbonyl (C=O) groups is 4. The zero-order chi connectivity index (χ0) is 23.6. The number of carbonyl (C=O) groups excluding carboxylic acids is 4. The van der Waals surface area contributed by atoms with E-state index in [0.717, 1.165) is 4.88 Å². The van der Waals surface area contributed by atoms with Crippen LogP contribution in [0.5, 0.6) is 0 Å². The normalized spacial score (nSPS) is 10.2.